The van der Waals surface area contributed by atoms with Crippen molar-refractivity contribution in [2.45, 2.75) is 54.4 Å². The molecule has 0 rings (SSSR count). The topological polar surface area (TPSA) is 20.3 Å². The van der Waals surface area contributed by atoms with Gasteiger partial charge in [-0.15, -0.1) is 5.92 Å². The summed E-state index contributed by atoms with van der Waals surface area (Å²) in [4.78, 5) is 13.0. The Labute approximate surface area is 114 Å². The first kappa shape index (κ1) is 19.5. The first-order valence-corrected chi connectivity index (χ1v) is 7.10. The van der Waals surface area contributed by atoms with E-state index in [4.69, 9.17) is 0 Å². The molecule has 2 nitrogen and oxygen atoms in total. The van der Waals surface area contributed by atoms with Gasteiger partial charge in [-0.05, 0) is 26.9 Å². The normalized spacial score (nSPS) is 11.4. The van der Waals surface area contributed by atoms with Crippen molar-refractivity contribution >= 4 is 5.78 Å². The molecule has 0 radical (unpaired) electrons. The van der Waals surface area contributed by atoms with Crippen LogP contribution >= 0.6 is 0 Å². The van der Waals surface area contributed by atoms with Crippen LogP contribution in [0.1, 0.15) is 54.4 Å². The van der Waals surface area contributed by atoms with Crippen LogP contribution in [-0.2, 0) is 4.79 Å². The monoisotopic (exact) mass is 253 g/mol. The van der Waals surface area contributed by atoms with E-state index >= 15 is 0 Å². The lowest BCUT2D eigenvalue weighted by molar-refractivity contribution is -0.117. The fraction of sp³-hybridized carbons (Fsp3) is 0.812. The minimum absolute atomic E-state index is 0.263. The molecular weight excluding hydrogens is 222 g/mol. The number of carbonyl (C=O) groups is 1. The van der Waals surface area contributed by atoms with Crippen LogP contribution in [-0.4, -0.2) is 30.8 Å². The molecule has 0 heterocycles. The fourth-order valence-electron chi connectivity index (χ4n) is 1.26. The summed E-state index contributed by atoms with van der Waals surface area (Å²) in [5, 5.41) is 0. The van der Waals surface area contributed by atoms with Crippen molar-refractivity contribution in [3.05, 3.63) is 0 Å². The first-order chi connectivity index (χ1) is 8.41. The highest BCUT2D eigenvalue weighted by atomic mass is 16.1. The van der Waals surface area contributed by atoms with Crippen LogP contribution in [0.4, 0.5) is 0 Å². The van der Waals surface area contributed by atoms with Crippen molar-refractivity contribution in [2.75, 3.05) is 20.1 Å². The van der Waals surface area contributed by atoms with E-state index in [1.807, 2.05) is 13.8 Å². The summed E-state index contributed by atoms with van der Waals surface area (Å²) in [5.74, 6) is 7.62. The Balaban J connectivity index is 0. The summed E-state index contributed by atoms with van der Waals surface area (Å²) in [6, 6.07) is 0. The van der Waals surface area contributed by atoms with Crippen LogP contribution in [0.15, 0.2) is 0 Å². The van der Waals surface area contributed by atoms with Crippen molar-refractivity contribution in [3.63, 3.8) is 0 Å². The fourth-order valence-corrected chi connectivity index (χ4v) is 1.26. The van der Waals surface area contributed by atoms with Gasteiger partial charge < -0.3 is 4.90 Å². The predicted octanol–water partition coefficient (Wildman–Crippen LogP) is 3.61. The van der Waals surface area contributed by atoms with Crippen LogP contribution < -0.4 is 0 Å². The van der Waals surface area contributed by atoms with Gasteiger partial charge in [0.15, 0.2) is 0 Å². The molecule has 0 N–H and O–H groups in total. The van der Waals surface area contributed by atoms with E-state index in [2.05, 4.69) is 44.6 Å². The maximum Gasteiger partial charge on any atom is 0.131 e. The van der Waals surface area contributed by atoms with Gasteiger partial charge in [-0.25, -0.2) is 0 Å². The molecule has 0 aliphatic rings. The van der Waals surface area contributed by atoms with Crippen molar-refractivity contribution in [1.82, 2.24) is 4.90 Å². The van der Waals surface area contributed by atoms with Gasteiger partial charge in [-0.3, -0.25) is 4.79 Å². The number of Topliss-reactive ketones (excluding diaryl/α,β-unsaturated/α-hetero) is 1. The zero-order chi connectivity index (χ0) is 14.6. The molecule has 106 valence electrons. The SMILES string of the molecule is CC.CC(=O)CCN(C)CCC(C)C#CC(C)C. The van der Waals surface area contributed by atoms with E-state index < -0.39 is 0 Å². The lowest BCUT2D eigenvalue weighted by Crippen LogP contribution is -2.23. The molecule has 0 saturated carbocycles. The molecule has 2 heteroatoms. The third-order valence-corrected chi connectivity index (χ3v) is 2.41. The highest BCUT2D eigenvalue weighted by Crippen LogP contribution is 2.02. The Morgan fingerprint density at radius 3 is 2.11 bits per heavy atom. The van der Waals surface area contributed by atoms with Gasteiger partial charge in [0, 0.05) is 24.8 Å². The van der Waals surface area contributed by atoms with E-state index in [0.29, 0.717) is 18.3 Å². The molecule has 0 spiro atoms. The van der Waals surface area contributed by atoms with Crippen molar-refractivity contribution in [3.8, 4) is 11.8 Å². The molecule has 0 bridgehead atoms. The average molecular weight is 253 g/mol. The van der Waals surface area contributed by atoms with Crippen molar-refractivity contribution in [1.29, 1.82) is 0 Å². The van der Waals surface area contributed by atoms with E-state index in [9.17, 15) is 4.79 Å². The molecule has 0 aromatic carbocycles. The molecular formula is C16H31NO. The number of carbonyl (C=O) groups excluding carboxylic acids is 1. The summed E-state index contributed by atoms with van der Waals surface area (Å²) >= 11 is 0. The van der Waals surface area contributed by atoms with Gasteiger partial charge in [-0.2, -0.15) is 0 Å². The van der Waals surface area contributed by atoms with Crippen molar-refractivity contribution < 1.29 is 4.79 Å². The van der Waals surface area contributed by atoms with Gasteiger partial charge in [0.05, 0.1) is 0 Å². The van der Waals surface area contributed by atoms with Gasteiger partial charge in [0.1, 0.15) is 5.78 Å². The van der Waals surface area contributed by atoms with Crippen LogP contribution in [0, 0.1) is 23.7 Å². The summed E-state index contributed by atoms with van der Waals surface area (Å²) in [6.45, 7) is 13.9. The van der Waals surface area contributed by atoms with Gasteiger partial charge in [0.2, 0.25) is 0 Å². The van der Waals surface area contributed by atoms with E-state index in [1.165, 1.54) is 0 Å². The Hall–Kier alpha value is -0.810. The maximum atomic E-state index is 10.8. The van der Waals surface area contributed by atoms with Gasteiger partial charge in [0.25, 0.3) is 0 Å². The number of nitrogens with zero attached hydrogens (tertiary/aromatic N) is 1. The number of ketones is 1. The lowest BCUT2D eigenvalue weighted by atomic mass is 10.1. The quantitative estimate of drug-likeness (QED) is 0.674. The number of hydrogen-bond donors (Lipinski definition) is 0. The molecule has 0 fully saturated rings. The highest BCUT2D eigenvalue weighted by molar-refractivity contribution is 5.75. The Morgan fingerprint density at radius 1 is 1.11 bits per heavy atom. The minimum Gasteiger partial charge on any atom is -0.306 e. The summed E-state index contributed by atoms with van der Waals surface area (Å²) in [7, 11) is 2.06. The second-order valence-corrected chi connectivity index (χ2v) is 4.89. The Morgan fingerprint density at radius 2 is 1.67 bits per heavy atom. The molecule has 0 aliphatic heterocycles. The Kier molecular flexibility index (Phi) is 13.7. The Bertz CT molecular complexity index is 260. The van der Waals surface area contributed by atoms with E-state index in [1.54, 1.807) is 6.92 Å². The molecule has 0 aliphatic carbocycles. The molecule has 0 saturated heterocycles. The molecule has 0 amide bonds. The maximum absolute atomic E-state index is 10.8. The standard InChI is InChI=1S/C14H25NO.C2H6/c1-12(2)6-7-13(3)8-10-15(5)11-9-14(4)16;1-2/h12-13H,8-11H2,1-5H3;1-2H3. The van der Waals surface area contributed by atoms with Crippen LogP contribution in [0.2, 0.25) is 0 Å². The number of hydrogen-bond acceptors (Lipinski definition) is 2. The third kappa shape index (κ3) is 15.2. The number of rotatable bonds is 6. The second-order valence-electron chi connectivity index (χ2n) is 4.89. The van der Waals surface area contributed by atoms with Gasteiger partial charge in [-0.1, -0.05) is 40.5 Å². The lowest BCUT2D eigenvalue weighted by Gasteiger charge is -2.16. The van der Waals surface area contributed by atoms with Crippen LogP contribution in [0.5, 0.6) is 0 Å². The third-order valence-electron chi connectivity index (χ3n) is 2.41. The second kappa shape index (κ2) is 12.6. The molecule has 18 heavy (non-hydrogen) atoms. The smallest absolute Gasteiger partial charge is 0.131 e. The predicted molar refractivity (Wildman–Crippen MR) is 80.5 cm³/mol. The first-order valence-electron chi connectivity index (χ1n) is 7.10. The largest absolute Gasteiger partial charge is 0.306 e. The van der Waals surface area contributed by atoms with Crippen molar-refractivity contribution in [2.24, 2.45) is 11.8 Å². The summed E-state index contributed by atoms with van der Waals surface area (Å²) < 4.78 is 0. The average Bonchev–Trinajstić information content (AvgIpc) is 2.33. The molecule has 1 atom stereocenters. The van der Waals surface area contributed by atoms with Crippen LogP contribution in [0.3, 0.4) is 0 Å². The molecule has 0 aromatic heterocycles. The summed E-state index contributed by atoms with van der Waals surface area (Å²) in [5.41, 5.74) is 0. The van der Waals surface area contributed by atoms with Crippen LogP contribution in [0.25, 0.3) is 0 Å². The van der Waals surface area contributed by atoms with E-state index in [-0.39, 0.29) is 5.78 Å². The van der Waals surface area contributed by atoms with Gasteiger partial charge >= 0.3 is 0 Å². The van der Waals surface area contributed by atoms with E-state index in [0.717, 1.165) is 19.5 Å². The zero-order valence-electron chi connectivity index (χ0n) is 13.3. The molecule has 0 aromatic rings. The minimum atomic E-state index is 0.263. The zero-order valence-corrected chi connectivity index (χ0v) is 13.3. The molecule has 1 unspecified atom stereocenters. The highest BCUT2D eigenvalue weighted by Gasteiger charge is 2.03. The summed E-state index contributed by atoms with van der Waals surface area (Å²) in [6.07, 6.45) is 1.73.